The number of anilines is 3. The van der Waals surface area contributed by atoms with E-state index in [4.69, 9.17) is 0 Å². The Kier molecular flexibility index (Phi) is 7.38. The second-order valence-electron chi connectivity index (χ2n) is 9.51. The summed E-state index contributed by atoms with van der Waals surface area (Å²) in [6, 6.07) is 8.97. The number of pyridine rings is 1. The van der Waals surface area contributed by atoms with Gasteiger partial charge in [-0.25, -0.2) is 9.37 Å². The lowest BCUT2D eigenvalue weighted by Crippen LogP contribution is -2.48. The van der Waals surface area contributed by atoms with E-state index in [1.54, 1.807) is 11.0 Å². The minimum atomic E-state index is -4.47. The molecule has 37 heavy (non-hydrogen) atoms. The van der Waals surface area contributed by atoms with Crippen molar-refractivity contribution in [2.24, 2.45) is 0 Å². The van der Waals surface area contributed by atoms with E-state index >= 15 is 0 Å². The van der Waals surface area contributed by atoms with Crippen LogP contribution in [-0.2, 0) is 12.6 Å². The summed E-state index contributed by atoms with van der Waals surface area (Å²) in [5.74, 6) is 1.08. The van der Waals surface area contributed by atoms with Crippen LogP contribution >= 0.6 is 0 Å². The van der Waals surface area contributed by atoms with Gasteiger partial charge in [-0.05, 0) is 42.7 Å². The Morgan fingerprint density at radius 1 is 0.892 bits per heavy atom. The second-order valence-corrected chi connectivity index (χ2v) is 9.51. The molecule has 1 aliphatic heterocycles. The monoisotopic (exact) mass is 515 g/mol. The van der Waals surface area contributed by atoms with Crippen LogP contribution in [0.1, 0.15) is 49.1 Å². The Morgan fingerprint density at radius 3 is 2.38 bits per heavy atom. The molecule has 3 aromatic rings. The zero-order chi connectivity index (χ0) is 25.8. The van der Waals surface area contributed by atoms with Gasteiger partial charge in [-0.2, -0.15) is 28.1 Å². The fourth-order valence-corrected chi connectivity index (χ4v) is 4.94. The van der Waals surface area contributed by atoms with Gasteiger partial charge >= 0.3 is 6.18 Å². The molecule has 2 fully saturated rings. The highest BCUT2D eigenvalue weighted by atomic mass is 19.4. The molecule has 0 radical (unpaired) electrons. The molecule has 0 spiro atoms. The van der Waals surface area contributed by atoms with Crippen molar-refractivity contribution >= 4 is 17.7 Å². The highest BCUT2D eigenvalue weighted by molar-refractivity contribution is 5.50. The van der Waals surface area contributed by atoms with Crippen molar-refractivity contribution in [1.82, 2.24) is 19.9 Å². The van der Waals surface area contributed by atoms with Gasteiger partial charge < -0.3 is 15.1 Å². The Morgan fingerprint density at radius 2 is 1.65 bits per heavy atom. The molecule has 0 bridgehead atoms. The molecule has 0 unspecified atom stereocenters. The molecule has 1 N–H and O–H groups in total. The number of piperazine rings is 1. The quantitative estimate of drug-likeness (QED) is 0.459. The van der Waals surface area contributed by atoms with Crippen LogP contribution in [0.3, 0.4) is 0 Å². The number of nitrogens with zero attached hydrogens (tertiary/aromatic N) is 6. The minimum absolute atomic E-state index is 0.0586. The van der Waals surface area contributed by atoms with Gasteiger partial charge in [0.1, 0.15) is 17.5 Å². The maximum Gasteiger partial charge on any atom is 0.419 e. The molecule has 3 heterocycles. The van der Waals surface area contributed by atoms with E-state index in [2.05, 4.69) is 25.3 Å². The smallest absolute Gasteiger partial charge is 0.353 e. The molecule has 1 aromatic carbocycles. The highest BCUT2D eigenvalue weighted by Crippen LogP contribution is 2.35. The fourth-order valence-electron chi connectivity index (χ4n) is 4.94. The number of aromatic nitrogens is 4. The van der Waals surface area contributed by atoms with Gasteiger partial charge in [-0.3, -0.25) is 0 Å². The molecule has 11 heteroatoms. The van der Waals surface area contributed by atoms with E-state index in [1.807, 2.05) is 11.0 Å². The van der Waals surface area contributed by atoms with E-state index < -0.39 is 11.7 Å². The van der Waals surface area contributed by atoms with Crippen molar-refractivity contribution in [3.8, 4) is 0 Å². The van der Waals surface area contributed by atoms with Crippen LogP contribution in [0, 0.1) is 5.82 Å². The number of hydrogen-bond donors (Lipinski definition) is 1. The standard InChI is InChI=1S/C26H29F4N7/c27-19-7-4-6-18(16-19)17-22-33-24(32-20-8-2-1-3-9-20)35-25(34-22)37-14-12-36(13-15-37)23-21(26(28,29)30)10-5-11-31-23/h4-7,10-11,16,20H,1-3,8-9,12-15,17H2,(H,32,33,34,35). The van der Waals surface area contributed by atoms with Gasteiger partial charge in [-0.15, -0.1) is 0 Å². The van der Waals surface area contributed by atoms with Gasteiger partial charge in [0.25, 0.3) is 0 Å². The van der Waals surface area contributed by atoms with Gasteiger partial charge in [0.2, 0.25) is 11.9 Å². The van der Waals surface area contributed by atoms with Crippen molar-refractivity contribution in [2.45, 2.75) is 50.7 Å². The molecule has 2 aliphatic rings. The summed E-state index contributed by atoms with van der Waals surface area (Å²) in [5.41, 5.74) is 0.0142. The molecule has 7 nitrogen and oxygen atoms in total. The third-order valence-electron chi connectivity index (χ3n) is 6.81. The van der Waals surface area contributed by atoms with Crippen LogP contribution in [-0.4, -0.2) is 52.2 Å². The number of halogens is 4. The molecule has 0 atom stereocenters. The van der Waals surface area contributed by atoms with E-state index in [-0.39, 0.29) is 17.7 Å². The molecule has 1 aliphatic carbocycles. The number of benzene rings is 1. The van der Waals surface area contributed by atoms with E-state index in [0.29, 0.717) is 50.3 Å². The Balaban J connectivity index is 1.36. The average molecular weight is 516 g/mol. The first-order chi connectivity index (χ1) is 17.8. The summed E-state index contributed by atoms with van der Waals surface area (Å²) in [6.45, 7) is 1.55. The summed E-state index contributed by atoms with van der Waals surface area (Å²) in [4.78, 5) is 21.6. The van der Waals surface area contributed by atoms with Gasteiger partial charge in [0.05, 0.1) is 5.56 Å². The first-order valence-electron chi connectivity index (χ1n) is 12.6. The summed E-state index contributed by atoms with van der Waals surface area (Å²) < 4.78 is 54.2. The predicted molar refractivity (Wildman–Crippen MR) is 133 cm³/mol. The maximum atomic E-state index is 13.8. The lowest BCUT2D eigenvalue weighted by molar-refractivity contribution is -0.137. The molecular formula is C26H29F4N7. The van der Waals surface area contributed by atoms with Crippen molar-refractivity contribution < 1.29 is 17.6 Å². The van der Waals surface area contributed by atoms with Crippen molar-refractivity contribution in [2.75, 3.05) is 41.3 Å². The van der Waals surface area contributed by atoms with Crippen LogP contribution in [0.4, 0.5) is 35.3 Å². The third-order valence-corrected chi connectivity index (χ3v) is 6.81. The lowest BCUT2D eigenvalue weighted by Gasteiger charge is -2.36. The van der Waals surface area contributed by atoms with Crippen LogP contribution in [0.25, 0.3) is 0 Å². The molecule has 0 amide bonds. The zero-order valence-corrected chi connectivity index (χ0v) is 20.4. The number of rotatable bonds is 6. The first kappa shape index (κ1) is 25.2. The van der Waals surface area contributed by atoms with Crippen LogP contribution < -0.4 is 15.1 Å². The summed E-state index contributed by atoms with van der Waals surface area (Å²) in [6.07, 6.45) is 2.88. The normalized spacial score (nSPS) is 17.2. The van der Waals surface area contributed by atoms with Gasteiger partial charge in [0, 0.05) is 44.8 Å². The van der Waals surface area contributed by atoms with E-state index in [0.717, 1.165) is 37.3 Å². The van der Waals surface area contributed by atoms with Crippen LogP contribution in [0.5, 0.6) is 0 Å². The van der Waals surface area contributed by atoms with Crippen molar-refractivity contribution in [3.63, 3.8) is 0 Å². The fraction of sp³-hybridized carbons (Fsp3) is 0.462. The first-order valence-corrected chi connectivity index (χ1v) is 12.6. The Hall–Kier alpha value is -3.50. The van der Waals surface area contributed by atoms with E-state index in [1.165, 1.54) is 30.8 Å². The van der Waals surface area contributed by atoms with E-state index in [9.17, 15) is 17.6 Å². The number of nitrogens with one attached hydrogen (secondary N) is 1. The maximum absolute atomic E-state index is 13.8. The summed E-state index contributed by atoms with van der Waals surface area (Å²) >= 11 is 0. The molecule has 5 rings (SSSR count). The summed E-state index contributed by atoms with van der Waals surface area (Å²) in [7, 11) is 0. The van der Waals surface area contributed by atoms with Gasteiger partial charge in [-0.1, -0.05) is 31.4 Å². The van der Waals surface area contributed by atoms with Crippen molar-refractivity contribution in [3.05, 3.63) is 65.4 Å². The zero-order valence-electron chi connectivity index (χ0n) is 20.4. The minimum Gasteiger partial charge on any atom is -0.353 e. The number of hydrogen-bond acceptors (Lipinski definition) is 7. The van der Waals surface area contributed by atoms with Crippen LogP contribution in [0.2, 0.25) is 0 Å². The topological polar surface area (TPSA) is 70.1 Å². The SMILES string of the molecule is Fc1cccc(Cc2nc(NC3CCCCC3)nc(N3CCN(c4ncccc4C(F)(F)F)CC3)n2)c1. The summed E-state index contributed by atoms with van der Waals surface area (Å²) in [5, 5.41) is 3.45. The Labute approximate surface area is 213 Å². The number of alkyl halides is 3. The molecule has 2 aromatic heterocycles. The highest BCUT2D eigenvalue weighted by Gasteiger charge is 2.36. The van der Waals surface area contributed by atoms with Gasteiger partial charge in [0.15, 0.2) is 0 Å². The third kappa shape index (κ3) is 6.26. The molecule has 196 valence electrons. The lowest BCUT2D eigenvalue weighted by atomic mass is 9.96. The predicted octanol–water partition coefficient (Wildman–Crippen LogP) is 5.09. The Bertz CT molecular complexity index is 1210. The average Bonchev–Trinajstić information content (AvgIpc) is 2.89. The van der Waals surface area contributed by atoms with Crippen LogP contribution in [0.15, 0.2) is 42.6 Å². The largest absolute Gasteiger partial charge is 0.419 e. The molecule has 1 saturated carbocycles. The molecular weight excluding hydrogens is 486 g/mol. The second kappa shape index (κ2) is 10.9. The molecule has 1 saturated heterocycles. The van der Waals surface area contributed by atoms with Crippen molar-refractivity contribution in [1.29, 1.82) is 0 Å².